The Balaban J connectivity index is 1.64. The first-order valence-electron chi connectivity index (χ1n) is 8.00. The van der Waals surface area contributed by atoms with E-state index in [0.29, 0.717) is 29.3 Å². The van der Waals surface area contributed by atoms with Crippen LogP contribution in [0.3, 0.4) is 0 Å². The Morgan fingerprint density at radius 2 is 2.24 bits per heavy atom. The zero-order valence-electron chi connectivity index (χ0n) is 14.3. The standard InChI is InChI=1S/C16H20N4O4S/c1-16(2,3)24-15(21)19-7-6-11(9-19)25-14-17-12-5-4-10(20(22)23)8-13(12)18-14/h4-5,8,11H,6-7,9H2,1-3H3,(H,17,18). The third-order valence-electron chi connectivity index (χ3n) is 3.73. The summed E-state index contributed by atoms with van der Waals surface area (Å²) in [6, 6.07) is 4.56. The van der Waals surface area contributed by atoms with E-state index >= 15 is 0 Å². The maximum atomic E-state index is 12.1. The van der Waals surface area contributed by atoms with Crippen LogP contribution in [0, 0.1) is 10.1 Å². The van der Waals surface area contributed by atoms with Crippen LogP contribution in [-0.2, 0) is 4.74 Å². The normalized spacial score (nSPS) is 17.9. The number of fused-ring (bicyclic) bond motifs is 1. The maximum absolute atomic E-state index is 12.1. The number of non-ortho nitro benzene ring substituents is 1. The van der Waals surface area contributed by atoms with E-state index in [4.69, 9.17) is 4.74 Å². The summed E-state index contributed by atoms with van der Waals surface area (Å²) in [5.41, 5.74) is 0.855. The van der Waals surface area contributed by atoms with Gasteiger partial charge < -0.3 is 14.6 Å². The molecule has 9 heteroatoms. The average Bonchev–Trinajstić information content (AvgIpc) is 3.11. The van der Waals surface area contributed by atoms with Gasteiger partial charge in [0.15, 0.2) is 5.16 Å². The summed E-state index contributed by atoms with van der Waals surface area (Å²) < 4.78 is 5.39. The third kappa shape index (κ3) is 4.22. The van der Waals surface area contributed by atoms with Crippen LogP contribution in [0.15, 0.2) is 23.4 Å². The van der Waals surface area contributed by atoms with Crippen LogP contribution in [0.5, 0.6) is 0 Å². The van der Waals surface area contributed by atoms with Gasteiger partial charge in [-0.15, -0.1) is 0 Å². The summed E-state index contributed by atoms with van der Waals surface area (Å²) in [5.74, 6) is 0. The number of carbonyl (C=O) groups excluding carboxylic acids is 1. The number of ether oxygens (including phenoxy) is 1. The molecular weight excluding hydrogens is 344 g/mol. The lowest BCUT2D eigenvalue weighted by atomic mass is 10.2. The summed E-state index contributed by atoms with van der Waals surface area (Å²) in [6.07, 6.45) is 0.553. The Labute approximate surface area is 149 Å². The van der Waals surface area contributed by atoms with Crippen molar-refractivity contribution in [2.75, 3.05) is 13.1 Å². The number of nitro benzene ring substituents is 1. The monoisotopic (exact) mass is 364 g/mol. The molecule has 1 aliphatic rings. The zero-order chi connectivity index (χ0) is 18.2. The van der Waals surface area contributed by atoms with Gasteiger partial charge >= 0.3 is 6.09 Å². The smallest absolute Gasteiger partial charge is 0.410 e. The molecular formula is C16H20N4O4S. The summed E-state index contributed by atoms with van der Waals surface area (Å²) in [4.78, 5) is 31.8. The number of benzene rings is 1. The molecule has 0 saturated carbocycles. The minimum atomic E-state index is -0.504. The Morgan fingerprint density at radius 3 is 2.92 bits per heavy atom. The molecule has 1 aromatic carbocycles. The number of imidazole rings is 1. The second-order valence-corrected chi connectivity index (χ2v) is 8.24. The lowest BCUT2D eigenvalue weighted by molar-refractivity contribution is -0.384. The first kappa shape index (κ1) is 17.5. The highest BCUT2D eigenvalue weighted by Crippen LogP contribution is 2.30. The zero-order valence-corrected chi connectivity index (χ0v) is 15.1. The average molecular weight is 364 g/mol. The fraction of sp³-hybridized carbons (Fsp3) is 0.500. The van der Waals surface area contributed by atoms with Crippen LogP contribution in [0.25, 0.3) is 11.0 Å². The fourth-order valence-electron chi connectivity index (χ4n) is 2.62. The molecule has 8 nitrogen and oxygen atoms in total. The molecule has 2 aromatic rings. The number of hydrogen-bond donors (Lipinski definition) is 1. The molecule has 2 heterocycles. The molecule has 0 bridgehead atoms. The number of amides is 1. The summed E-state index contributed by atoms with van der Waals surface area (Å²) in [5, 5.41) is 11.8. The van der Waals surface area contributed by atoms with Crippen molar-refractivity contribution >= 4 is 34.6 Å². The van der Waals surface area contributed by atoms with Crippen molar-refractivity contribution in [2.24, 2.45) is 0 Å². The van der Waals surface area contributed by atoms with Gasteiger partial charge in [0.2, 0.25) is 0 Å². The number of thioether (sulfide) groups is 1. The largest absolute Gasteiger partial charge is 0.444 e. The summed E-state index contributed by atoms with van der Waals surface area (Å²) in [6.45, 7) is 6.79. The van der Waals surface area contributed by atoms with Crippen molar-refractivity contribution in [1.29, 1.82) is 0 Å². The van der Waals surface area contributed by atoms with Gasteiger partial charge in [-0.1, -0.05) is 11.8 Å². The molecule has 0 radical (unpaired) electrons. The summed E-state index contributed by atoms with van der Waals surface area (Å²) in [7, 11) is 0. The Bertz CT molecular complexity index is 814. The van der Waals surface area contributed by atoms with Crippen molar-refractivity contribution < 1.29 is 14.5 Å². The molecule has 0 spiro atoms. The molecule has 25 heavy (non-hydrogen) atoms. The van der Waals surface area contributed by atoms with Gasteiger partial charge in [0, 0.05) is 30.5 Å². The van der Waals surface area contributed by atoms with Crippen molar-refractivity contribution in [1.82, 2.24) is 14.9 Å². The molecule has 1 amide bonds. The molecule has 1 atom stereocenters. The maximum Gasteiger partial charge on any atom is 0.410 e. The van der Waals surface area contributed by atoms with Crippen molar-refractivity contribution in [3.63, 3.8) is 0 Å². The predicted octanol–water partition coefficient (Wildman–Crippen LogP) is 3.57. The lowest BCUT2D eigenvalue weighted by Gasteiger charge is -2.24. The van der Waals surface area contributed by atoms with E-state index in [1.54, 1.807) is 22.7 Å². The van der Waals surface area contributed by atoms with Crippen LogP contribution < -0.4 is 0 Å². The fourth-order valence-corrected chi connectivity index (χ4v) is 3.73. The predicted molar refractivity (Wildman–Crippen MR) is 94.8 cm³/mol. The second-order valence-electron chi connectivity index (χ2n) is 6.96. The number of aromatic amines is 1. The number of likely N-dealkylation sites (tertiary alicyclic amines) is 1. The Morgan fingerprint density at radius 1 is 1.48 bits per heavy atom. The minimum absolute atomic E-state index is 0.0321. The molecule has 1 aromatic heterocycles. The van der Waals surface area contributed by atoms with Crippen LogP contribution in [0.4, 0.5) is 10.5 Å². The quantitative estimate of drug-likeness (QED) is 0.660. The highest BCUT2D eigenvalue weighted by Gasteiger charge is 2.30. The highest BCUT2D eigenvalue weighted by molar-refractivity contribution is 7.99. The highest BCUT2D eigenvalue weighted by atomic mass is 32.2. The summed E-state index contributed by atoms with van der Waals surface area (Å²) >= 11 is 1.54. The van der Waals surface area contributed by atoms with Gasteiger partial charge in [-0.25, -0.2) is 9.78 Å². The van der Waals surface area contributed by atoms with Gasteiger partial charge in [0.1, 0.15) is 5.60 Å². The van der Waals surface area contributed by atoms with E-state index in [0.717, 1.165) is 6.42 Å². The molecule has 1 N–H and O–H groups in total. The van der Waals surface area contributed by atoms with Gasteiger partial charge in [-0.3, -0.25) is 10.1 Å². The molecule has 0 aliphatic carbocycles. The van der Waals surface area contributed by atoms with E-state index in [-0.39, 0.29) is 17.0 Å². The van der Waals surface area contributed by atoms with E-state index in [2.05, 4.69) is 9.97 Å². The second kappa shape index (κ2) is 6.55. The van der Waals surface area contributed by atoms with Gasteiger partial charge in [-0.05, 0) is 33.3 Å². The van der Waals surface area contributed by atoms with Crippen molar-refractivity contribution in [3.8, 4) is 0 Å². The van der Waals surface area contributed by atoms with E-state index in [9.17, 15) is 14.9 Å². The number of rotatable bonds is 3. The number of nitro groups is 1. The minimum Gasteiger partial charge on any atom is -0.444 e. The van der Waals surface area contributed by atoms with Crippen LogP contribution in [-0.4, -0.2) is 49.8 Å². The number of nitrogens with one attached hydrogen (secondary N) is 1. The molecule has 1 fully saturated rings. The first-order chi connectivity index (χ1) is 11.7. The molecule has 134 valence electrons. The van der Waals surface area contributed by atoms with Crippen molar-refractivity contribution in [2.45, 2.75) is 43.2 Å². The first-order valence-corrected chi connectivity index (χ1v) is 8.88. The number of H-pyrrole nitrogens is 1. The number of carbonyl (C=O) groups is 1. The van der Waals surface area contributed by atoms with Gasteiger partial charge in [-0.2, -0.15) is 0 Å². The van der Waals surface area contributed by atoms with E-state index < -0.39 is 10.5 Å². The number of aromatic nitrogens is 2. The van der Waals surface area contributed by atoms with Crippen LogP contribution in [0.1, 0.15) is 27.2 Å². The lowest BCUT2D eigenvalue weighted by Crippen LogP contribution is -2.35. The third-order valence-corrected chi connectivity index (χ3v) is 4.86. The van der Waals surface area contributed by atoms with Gasteiger partial charge in [0.25, 0.3) is 5.69 Å². The number of nitrogens with zero attached hydrogens (tertiary/aromatic N) is 3. The molecule has 1 unspecified atom stereocenters. The Kier molecular flexibility index (Phi) is 4.59. The topological polar surface area (TPSA) is 101 Å². The Hall–Kier alpha value is -2.29. The van der Waals surface area contributed by atoms with Crippen molar-refractivity contribution in [3.05, 3.63) is 28.3 Å². The number of hydrogen-bond acceptors (Lipinski definition) is 6. The van der Waals surface area contributed by atoms with Gasteiger partial charge in [0.05, 0.1) is 16.0 Å². The van der Waals surface area contributed by atoms with E-state index in [1.807, 2.05) is 20.8 Å². The molecule has 3 rings (SSSR count). The SMILES string of the molecule is CC(C)(C)OC(=O)N1CCC(Sc2nc3ccc([N+](=O)[O-])cc3[nH]2)C1. The molecule has 1 saturated heterocycles. The molecule has 1 aliphatic heterocycles. The van der Waals surface area contributed by atoms with Crippen LogP contribution in [0.2, 0.25) is 0 Å². The van der Waals surface area contributed by atoms with E-state index in [1.165, 1.54) is 12.1 Å². The van der Waals surface area contributed by atoms with Crippen LogP contribution >= 0.6 is 11.8 Å².